The molecule has 9 heteroatoms. The minimum atomic E-state index is -0.211. The first-order chi connectivity index (χ1) is 13.0. The first-order valence-electron chi connectivity index (χ1n) is 8.47. The van der Waals surface area contributed by atoms with Crippen LogP contribution in [0.15, 0.2) is 30.3 Å². The van der Waals surface area contributed by atoms with Crippen LogP contribution in [0.2, 0.25) is 0 Å². The predicted octanol–water partition coefficient (Wildman–Crippen LogP) is 2.33. The van der Waals surface area contributed by atoms with E-state index in [1.54, 1.807) is 7.11 Å². The third kappa shape index (κ3) is 4.78. The number of ether oxygens (including phenoxy) is 1. The molecule has 0 spiro atoms. The molecular weight excluding hydrogens is 346 g/mol. The van der Waals surface area contributed by atoms with Crippen molar-refractivity contribution in [3.8, 4) is 17.1 Å². The zero-order valence-electron chi connectivity index (χ0n) is 15.4. The largest absolute Gasteiger partial charge is 0.496 e. The molecule has 0 aliphatic rings. The van der Waals surface area contributed by atoms with Crippen molar-refractivity contribution in [1.29, 1.82) is 0 Å². The van der Waals surface area contributed by atoms with Crippen LogP contribution in [0.1, 0.15) is 17.8 Å². The van der Waals surface area contributed by atoms with E-state index in [1.165, 1.54) is 0 Å². The lowest BCUT2D eigenvalue weighted by molar-refractivity contribution is -0.116. The quantitative estimate of drug-likeness (QED) is 0.586. The fraction of sp³-hybridized carbons (Fsp3) is 0.278. The van der Waals surface area contributed by atoms with Crippen molar-refractivity contribution in [2.75, 3.05) is 24.3 Å². The van der Waals surface area contributed by atoms with Crippen LogP contribution in [0.5, 0.6) is 5.75 Å². The number of aryl methyl sites for hydroxylation is 2. The van der Waals surface area contributed by atoms with Crippen LogP contribution in [0, 0.1) is 13.8 Å². The summed E-state index contributed by atoms with van der Waals surface area (Å²) >= 11 is 0. The number of methoxy groups -OCH3 is 1. The summed E-state index contributed by atoms with van der Waals surface area (Å²) in [6, 6.07) is 9.32. The van der Waals surface area contributed by atoms with Gasteiger partial charge in [0.1, 0.15) is 5.75 Å². The number of hydrogen-bond acceptors (Lipinski definition) is 7. The van der Waals surface area contributed by atoms with Gasteiger partial charge in [0.25, 0.3) is 0 Å². The number of aromatic nitrogens is 5. The lowest BCUT2D eigenvalue weighted by atomic mass is 10.2. The molecule has 3 aromatic rings. The highest BCUT2D eigenvalue weighted by Crippen LogP contribution is 2.26. The van der Waals surface area contributed by atoms with Crippen molar-refractivity contribution < 1.29 is 9.53 Å². The van der Waals surface area contributed by atoms with Crippen LogP contribution in [0.3, 0.4) is 0 Å². The zero-order chi connectivity index (χ0) is 19.2. The van der Waals surface area contributed by atoms with Crippen molar-refractivity contribution in [2.24, 2.45) is 0 Å². The SMILES string of the molecule is COc1ccccc1-c1nc(NC(=O)CCNc2nc(C)cc(C)n2)n[nH]1. The van der Waals surface area contributed by atoms with Gasteiger partial charge in [-0.1, -0.05) is 12.1 Å². The second kappa shape index (κ2) is 8.26. The Hall–Kier alpha value is -3.49. The zero-order valence-corrected chi connectivity index (χ0v) is 15.4. The standard InChI is InChI=1S/C18H21N7O2/c1-11-10-12(2)21-17(20-11)19-9-8-15(26)22-18-23-16(24-25-18)13-6-4-5-7-14(13)27-3/h4-7,10H,8-9H2,1-3H3,(H,19,20,21)(H2,22,23,24,25,26). The molecule has 1 amide bonds. The molecule has 140 valence electrons. The highest BCUT2D eigenvalue weighted by molar-refractivity contribution is 5.89. The highest BCUT2D eigenvalue weighted by Gasteiger charge is 2.12. The Morgan fingerprint density at radius 1 is 1.11 bits per heavy atom. The second-order valence-electron chi connectivity index (χ2n) is 5.91. The monoisotopic (exact) mass is 367 g/mol. The lowest BCUT2D eigenvalue weighted by Gasteiger charge is -2.06. The minimum Gasteiger partial charge on any atom is -0.496 e. The van der Waals surface area contributed by atoms with Crippen LogP contribution in [-0.2, 0) is 4.79 Å². The highest BCUT2D eigenvalue weighted by atomic mass is 16.5. The summed E-state index contributed by atoms with van der Waals surface area (Å²) < 4.78 is 5.31. The Morgan fingerprint density at radius 3 is 2.59 bits per heavy atom. The maximum Gasteiger partial charge on any atom is 0.249 e. The van der Waals surface area contributed by atoms with E-state index in [-0.39, 0.29) is 18.3 Å². The fourth-order valence-electron chi connectivity index (χ4n) is 2.56. The Labute approximate surface area is 156 Å². The maximum atomic E-state index is 12.1. The van der Waals surface area contributed by atoms with E-state index >= 15 is 0 Å². The molecule has 0 aliphatic heterocycles. The van der Waals surface area contributed by atoms with Crippen molar-refractivity contribution in [1.82, 2.24) is 25.1 Å². The van der Waals surface area contributed by atoms with E-state index in [4.69, 9.17) is 4.74 Å². The normalized spacial score (nSPS) is 10.5. The van der Waals surface area contributed by atoms with E-state index in [0.717, 1.165) is 17.0 Å². The molecule has 0 aliphatic carbocycles. The topological polar surface area (TPSA) is 118 Å². The summed E-state index contributed by atoms with van der Waals surface area (Å²) in [5.74, 6) is 1.70. The van der Waals surface area contributed by atoms with Crippen LogP contribution in [-0.4, -0.2) is 44.7 Å². The Balaban J connectivity index is 1.55. The smallest absolute Gasteiger partial charge is 0.249 e. The van der Waals surface area contributed by atoms with E-state index in [9.17, 15) is 4.79 Å². The van der Waals surface area contributed by atoms with Gasteiger partial charge in [0.2, 0.25) is 17.8 Å². The van der Waals surface area contributed by atoms with Gasteiger partial charge in [0, 0.05) is 24.4 Å². The molecule has 0 bridgehead atoms. The van der Waals surface area contributed by atoms with Gasteiger partial charge in [-0.05, 0) is 32.0 Å². The number of nitrogens with zero attached hydrogens (tertiary/aromatic N) is 4. The summed E-state index contributed by atoms with van der Waals surface area (Å²) in [5.41, 5.74) is 2.51. The molecule has 1 aromatic carbocycles. The van der Waals surface area contributed by atoms with Crippen molar-refractivity contribution in [2.45, 2.75) is 20.3 Å². The molecule has 2 heterocycles. The number of carbonyl (C=O) groups excluding carboxylic acids is 1. The summed E-state index contributed by atoms with van der Waals surface area (Å²) in [6.07, 6.45) is 0.231. The Kier molecular flexibility index (Phi) is 5.60. The Morgan fingerprint density at radius 2 is 1.85 bits per heavy atom. The molecule has 0 saturated heterocycles. The van der Waals surface area contributed by atoms with E-state index in [2.05, 4.69) is 35.8 Å². The average Bonchev–Trinajstić information content (AvgIpc) is 3.09. The summed E-state index contributed by atoms with van der Waals surface area (Å²) in [7, 11) is 1.59. The summed E-state index contributed by atoms with van der Waals surface area (Å²) in [5, 5.41) is 12.5. The average molecular weight is 367 g/mol. The number of hydrogen-bond donors (Lipinski definition) is 3. The Bertz CT molecular complexity index is 919. The first kappa shape index (κ1) is 18.3. The number of carbonyl (C=O) groups is 1. The first-order valence-corrected chi connectivity index (χ1v) is 8.47. The number of benzene rings is 1. The van der Waals surface area contributed by atoms with Gasteiger partial charge in [-0.3, -0.25) is 15.2 Å². The number of para-hydroxylation sites is 1. The van der Waals surface area contributed by atoms with Crippen LogP contribution in [0.4, 0.5) is 11.9 Å². The molecule has 0 saturated carbocycles. The molecule has 2 aromatic heterocycles. The van der Waals surface area contributed by atoms with Gasteiger partial charge in [0.05, 0.1) is 12.7 Å². The van der Waals surface area contributed by atoms with E-state index in [0.29, 0.717) is 24.1 Å². The fourth-order valence-corrected chi connectivity index (χ4v) is 2.56. The van der Waals surface area contributed by atoms with Crippen LogP contribution >= 0.6 is 0 Å². The predicted molar refractivity (Wildman–Crippen MR) is 102 cm³/mol. The lowest BCUT2D eigenvalue weighted by Crippen LogP contribution is -2.18. The minimum absolute atomic E-state index is 0.211. The van der Waals surface area contributed by atoms with Gasteiger partial charge in [-0.15, -0.1) is 5.10 Å². The number of aromatic amines is 1. The number of rotatable bonds is 7. The van der Waals surface area contributed by atoms with Gasteiger partial charge in [0.15, 0.2) is 5.82 Å². The third-order valence-corrected chi connectivity index (χ3v) is 3.72. The molecule has 0 unspecified atom stereocenters. The molecule has 0 fully saturated rings. The molecule has 27 heavy (non-hydrogen) atoms. The van der Waals surface area contributed by atoms with Gasteiger partial charge >= 0.3 is 0 Å². The van der Waals surface area contributed by atoms with Gasteiger partial charge in [-0.25, -0.2) is 9.97 Å². The third-order valence-electron chi connectivity index (χ3n) is 3.72. The van der Waals surface area contributed by atoms with Crippen molar-refractivity contribution >= 4 is 17.8 Å². The molecule has 9 nitrogen and oxygen atoms in total. The molecule has 0 atom stereocenters. The number of amides is 1. The van der Waals surface area contributed by atoms with Gasteiger partial charge in [-0.2, -0.15) is 4.98 Å². The van der Waals surface area contributed by atoms with Crippen LogP contribution in [0.25, 0.3) is 11.4 Å². The molecule has 0 radical (unpaired) electrons. The molecular formula is C18H21N7O2. The number of anilines is 2. The number of nitrogens with one attached hydrogen (secondary N) is 3. The molecule has 3 N–H and O–H groups in total. The van der Waals surface area contributed by atoms with Crippen LogP contribution < -0.4 is 15.4 Å². The van der Waals surface area contributed by atoms with E-state index < -0.39 is 0 Å². The second-order valence-corrected chi connectivity index (χ2v) is 5.91. The van der Waals surface area contributed by atoms with Gasteiger partial charge < -0.3 is 10.1 Å². The van der Waals surface area contributed by atoms with E-state index in [1.807, 2.05) is 44.2 Å². The number of H-pyrrole nitrogens is 1. The summed E-state index contributed by atoms with van der Waals surface area (Å²) in [4.78, 5) is 24.9. The van der Waals surface area contributed by atoms with Crippen molar-refractivity contribution in [3.63, 3.8) is 0 Å². The van der Waals surface area contributed by atoms with Crippen molar-refractivity contribution in [3.05, 3.63) is 41.7 Å². The maximum absolute atomic E-state index is 12.1. The molecule has 3 rings (SSSR count). The summed E-state index contributed by atoms with van der Waals surface area (Å²) in [6.45, 7) is 4.20.